The summed E-state index contributed by atoms with van der Waals surface area (Å²) in [6.45, 7) is 1.45. The molecule has 5 nitrogen and oxygen atoms in total. The molecule has 0 spiro atoms. The summed E-state index contributed by atoms with van der Waals surface area (Å²) in [7, 11) is 0. The molecule has 1 fully saturated rings. The lowest BCUT2D eigenvalue weighted by molar-refractivity contribution is -0.134. The molecule has 1 aliphatic heterocycles. The molecule has 1 saturated heterocycles. The zero-order valence-electron chi connectivity index (χ0n) is 13.6. The van der Waals surface area contributed by atoms with Crippen LogP contribution >= 0.6 is 11.6 Å². The third kappa shape index (κ3) is 3.72. The van der Waals surface area contributed by atoms with Crippen LogP contribution in [0.4, 0.5) is 5.69 Å². The van der Waals surface area contributed by atoms with E-state index in [0.717, 1.165) is 16.7 Å². The molecule has 1 atom stereocenters. The average molecular weight is 357 g/mol. The van der Waals surface area contributed by atoms with Crippen LogP contribution in [-0.4, -0.2) is 17.7 Å². The van der Waals surface area contributed by atoms with Gasteiger partial charge in [-0.25, -0.2) is 0 Å². The van der Waals surface area contributed by atoms with E-state index in [4.69, 9.17) is 11.6 Å². The fourth-order valence-corrected chi connectivity index (χ4v) is 3.34. The van der Waals surface area contributed by atoms with Crippen molar-refractivity contribution in [1.29, 1.82) is 0 Å². The Labute approximate surface area is 150 Å². The van der Waals surface area contributed by atoms with E-state index in [1.165, 1.54) is 6.92 Å². The maximum absolute atomic E-state index is 12.1. The second-order valence-electron chi connectivity index (χ2n) is 5.97. The zero-order valence-corrected chi connectivity index (χ0v) is 14.4. The van der Waals surface area contributed by atoms with Gasteiger partial charge in [0.25, 0.3) is 0 Å². The lowest BCUT2D eigenvalue weighted by Gasteiger charge is -2.23. The van der Waals surface area contributed by atoms with Crippen molar-refractivity contribution in [2.75, 3.05) is 5.32 Å². The highest BCUT2D eigenvalue weighted by atomic mass is 35.5. The molecule has 6 heteroatoms. The Morgan fingerprint density at radius 3 is 2.52 bits per heavy atom. The highest BCUT2D eigenvalue weighted by Crippen LogP contribution is 2.37. The van der Waals surface area contributed by atoms with E-state index in [0.29, 0.717) is 23.6 Å². The summed E-state index contributed by atoms with van der Waals surface area (Å²) in [5.41, 5.74) is 3.11. The van der Waals surface area contributed by atoms with Gasteiger partial charge < -0.3 is 5.32 Å². The van der Waals surface area contributed by atoms with Gasteiger partial charge in [-0.05, 0) is 29.7 Å². The first-order valence-electron chi connectivity index (χ1n) is 7.96. The summed E-state index contributed by atoms with van der Waals surface area (Å²) in [4.78, 5) is 34.6. The monoisotopic (exact) mass is 356 g/mol. The van der Waals surface area contributed by atoms with Crippen LogP contribution in [0.25, 0.3) is 11.1 Å². The van der Waals surface area contributed by atoms with Gasteiger partial charge in [-0.2, -0.15) is 0 Å². The maximum Gasteiger partial charge on any atom is 0.234 e. The van der Waals surface area contributed by atoms with Crippen molar-refractivity contribution >= 4 is 35.0 Å². The molecule has 0 aliphatic carbocycles. The van der Waals surface area contributed by atoms with E-state index in [9.17, 15) is 14.4 Å². The number of amides is 3. The van der Waals surface area contributed by atoms with Crippen molar-refractivity contribution < 1.29 is 14.4 Å². The molecule has 1 unspecified atom stereocenters. The minimum atomic E-state index is -0.427. The van der Waals surface area contributed by atoms with Crippen LogP contribution in [-0.2, 0) is 14.4 Å². The number of benzene rings is 2. The molecular weight excluding hydrogens is 340 g/mol. The normalized spacial score (nSPS) is 17.1. The number of carbonyl (C=O) groups is 3. The summed E-state index contributed by atoms with van der Waals surface area (Å²) >= 11 is 6.57. The third-order valence-corrected chi connectivity index (χ3v) is 4.58. The van der Waals surface area contributed by atoms with E-state index in [2.05, 4.69) is 10.6 Å². The van der Waals surface area contributed by atoms with Crippen molar-refractivity contribution in [3.63, 3.8) is 0 Å². The Balaban J connectivity index is 1.92. The summed E-state index contributed by atoms with van der Waals surface area (Å²) in [6, 6.07) is 12.9. The van der Waals surface area contributed by atoms with Crippen LogP contribution in [0.2, 0.25) is 5.02 Å². The fraction of sp³-hybridized carbons (Fsp3) is 0.211. The predicted octanol–water partition coefficient (Wildman–Crippen LogP) is 3.49. The molecule has 3 rings (SSSR count). The lowest BCUT2D eigenvalue weighted by atomic mass is 9.88. The average Bonchev–Trinajstić information content (AvgIpc) is 2.56. The molecule has 1 heterocycles. The van der Waals surface area contributed by atoms with E-state index < -0.39 is 5.92 Å². The lowest BCUT2D eigenvalue weighted by Crippen LogP contribution is -2.39. The van der Waals surface area contributed by atoms with Gasteiger partial charge in [-0.15, -0.1) is 0 Å². The van der Waals surface area contributed by atoms with Crippen molar-refractivity contribution in [2.24, 2.45) is 0 Å². The topological polar surface area (TPSA) is 75.3 Å². The van der Waals surface area contributed by atoms with Gasteiger partial charge in [0.1, 0.15) is 0 Å². The number of imide groups is 1. The van der Waals surface area contributed by atoms with Crippen LogP contribution in [0.15, 0.2) is 42.5 Å². The quantitative estimate of drug-likeness (QED) is 0.827. The van der Waals surface area contributed by atoms with Crippen LogP contribution in [0.5, 0.6) is 0 Å². The molecular formula is C19H17ClN2O3. The predicted molar refractivity (Wildman–Crippen MR) is 96.3 cm³/mol. The number of anilines is 1. The number of hydrogen-bond acceptors (Lipinski definition) is 3. The third-order valence-electron chi connectivity index (χ3n) is 4.16. The summed E-state index contributed by atoms with van der Waals surface area (Å²) in [6.07, 6.45) is 0.762. The first kappa shape index (κ1) is 17.2. The number of nitrogens with one attached hydrogen (secondary N) is 2. The number of hydrogen-bond donors (Lipinski definition) is 2. The second kappa shape index (κ2) is 7.07. The molecule has 0 aromatic heterocycles. The Kier molecular flexibility index (Phi) is 4.86. The SMILES string of the molecule is CC(=O)Nc1ccc(-c2cccc(C3CCC(=O)NC3=O)c2Cl)cc1. The number of piperidine rings is 1. The molecule has 128 valence electrons. The van der Waals surface area contributed by atoms with Crippen LogP contribution in [0.3, 0.4) is 0 Å². The summed E-state index contributed by atoms with van der Waals surface area (Å²) in [5.74, 6) is -1.12. The van der Waals surface area contributed by atoms with Gasteiger partial charge in [0, 0.05) is 24.6 Å². The minimum Gasteiger partial charge on any atom is -0.326 e. The van der Waals surface area contributed by atoms with Gasteiger partial charge in [-0.3, -0.25) is 19.7 Å². The van der Waals surface area contributed by atoms with Crippen LogP contribution < -0.4 is 10.6 Å². The fourth-order valence-electron chi connectivity index (χ4n) is 2.97. The Morgan fingerprint density at radius 1 is 1.16 bits per heavy atom. The van der Waals surface area contributed by atoms with Crippen LogP contribution in [0.1, 0.15) is 31.2 Å². The van der Waals surface area contributed by atoms with Crippen molar-refractivity contribution in [1.82, 2.24) is 5.32 Å². The van der Waals surface area contributed by atoms with Gasteiger partial charge in [0.15, 0.2) is 0 Å². The highest BCUT2D eigenvalue weighted by Gasteiger charge is 2.30. The van der Waals surface area contributed by atoms with E-state index in [1.54, 1.807) is 12.1 Å². The molecule has 1 aliphatic rings. The molecule has 2 N–H and O–H groups in total. The molecule has 2 aromatic rings. The van der Waals surface area contributed by atoms with E-state index in [1.807, 2.05) is 30.3 Å². The summed E-state index contributed by atoms with van der Waals surface area (Å²) in [5, 5.41) is 5.58. The van der Waals surface area contributed by atoms with Crippen molar-refractivity contribution in [3.05, 3.63) is 53.1 Å². The largest absolute Gasteiger partial charge is 0.326 e. The molecule has 2 aromatic carbocycles. The molecule has 0 radical (unpaired) electrons. The zero-order chi connectivity index (χ0) is 18.0. The minimum absolute atomic E-state index is 0.134. The van der Waals surface area contributed by atoms with Gasteiger partial charge in [-0.1, -0.05) is 41.9 Å². The van der Waals surface area contributed by atoms with Gasteiger partial charge >= 0.3 is 0 Å². The Bertz CT molecular complexity index is 846. The Morgan fingerprint density at radius 2 is 1.88 bits per heavy atom. The molecule has 0 saturated carbocycles. The van der Waals surface area contributed by atoms with E-state index >= 15 is 0 Å². The van der Waals surface area contributed by atoms with Gasteiger partial charge in [0.2, 0.25) is 17.7 Å². The van der Waals surface area contributed by atoms with Crippen LogP contribution in [0, 0.1) is 0 Å². The standard InChI is InChI=1S/C19H17ClN2O3/c1-11(23)21-13-7-5-12(6-8-13)14-3-2-4-15(18(14)20)16-9-10-17(24)22-19(16)25/h2-8,16H,9-10H2,1H3,(H,21,23)(H,22,24,25). The highest BCUT2D eigenvalue weighted by molar-refractivity contribution is 6.34. The number of halogens is 1. The number of rotatable bonds is 3. The second-order valence-corrected chi connectivity index (χ2v) is 6.35. The Hall–Kier alpha value is -2.66. The first-order valence-corrected chi connectivity index (χ1v) is 8.33. The van der Waals surface area contributed by atoms with Crippen molar-refractivity contribution in [3.8, 4) is 11.1 Å². The molecule has 0 bridgehead atoms. The summed E-state index contributed by atoms with van der Waals surface area (Å²) < 4.78 is 0. The smallest absolute Gasteiger partial charge is 0.234 e. The molecule has 25 heavy (non-hydrogen) atoms. The van der Waals surface area contributed by atoms with Gasteiger partial charge in [0.05, 0.1) is 10.9 Å². The number of carbonyl (C=O) groups excluding carboxylic acids is 3. The molecule has 3 amide bonds. The maximum atomic E-state index is 12.1. The van der Waals surface area contributed by atoms with E-state index in [-0.39, 0.29) is 17.7 Å². The van der Waals surface area contributed by atoms with Crippen molar-refractivity contribution in [2.45, 2.75) is 25.7 Å². The first-order chi connectivity index (χ1) is 12.0.